The molecule has 0 aromatic heterocycles. The molecule has 1 amide bonds. The Bertz CT molecular complexity index is 850. The Balaban J connectivity index is 2.04. The minimum atomic E-state index is -0.604. The monoisotopic (exact) mass is 390 g/mol. The summed E-state index contributed by atoms with van der Waals surface area (Å²) in [5, 5.41) is 13.5. The van der Waals surface area contributed by atoms with Crippen LogP contribution < -0.4 is 5.32 Å². The third-order valence-electron chi connectivity index (χ3n) is 3.71. The molecule has 0 atom stereocenters. The van der Waals surface area contributed by atoms with E-state index in [9.17, 15) is 19.7 Å². The number of carbonyl (C=O) groups excluding carboxylic acids is 2. The number of anilines is 1. The van der Waals surface area contributed by atoms with E-state index in [1.54, 1.807) is 12.1 Å². The van der Waals surface area contributed by atoms with E-state index < -0.39 is 16.8 Å². The Labute approximate surface area is 161 Å². The highest BCUT2D eigenvalue weighted by molar-refractivity contribution is 6.34. The Kier molecular flexibility index (Phi) is 6.90. The standard InChI is InChI=1S/C19H19ClN2O5/c1-12(2)9-10-27-19(24)13-3-5-14(6-4-13)21-18(23)16-11-15(22(25)26)7-8-17(16)20/h3-8,11-12H,9-10H2,1-2H3,(H,21,23). The lowest BCUT2D eigenvalue weighted by atomic mass is 10.1. The van der Waals surface area contributed by atoms with Gasteiger partial charge >= 0.3 is 5.97 Å². The van der Waals surface area contributed by atoms with Crippen molar-refractivity contribution in [2.45, 2.75) is 20.3 Å². The van der Waals surface area contributed by atoms with Crippen LogP contribution in [0.5, 0.6) is 0 Å². The maximum absolute atomic E-state index is 12.3. The van der Waals surface area contributed by atoms with Crippen molar-refractivity contribution in [3.05, 3.63) is 68.7 Å². The number of non-ortho nitro benzene ring substituents is 1. The number of halogens is 1. The molecule has 0 spiro atoms. The van der Waals surface area contributed by atoms with Crippen LogP contribution in [0.3, 0.4) is 0 Å². The number of nitrogens with zero attached hydrogens (tertiary/aromatic N) is 1. The van der Waals surface area contributed by atoms with Crippen LogP contribution in [0.25, 0.3) is 0 Å². The number of amides is 1. The second-order valence-electron chi connectivity index (χ2n) is 6.27. The lowest BCUT2D eigenvalue weighted by Gasteiger charge is -2.09. The molecule has 2 rings (SSSR count). The number of nitro groups is 1. The summed E-state index contributed by atoms with van der Waals surface area (Å²) in [6.07, 6.45) is 0.782. The van der Waals surface area contributed by atoms with E-state index >= 15 is 0 Å². The largest absolute Gasteiger partial charge is 0.462 e. The number of rotatable bonds is 7. The van der Waals surface area contributed by atoms with Gasteiger partial charge < -0.3 is 10.1 Å². The molecule has 7 nitrogen and oxygen atoms in total. The maximum Gasteiger partial charge on any atom is 0.338 e. The minimum absolute atomic E-state index is 0.0111. The molecule has 0 saturated heterocycles. The molecule has 0 aliphatic rings. The fourth-order valence-electron chi connectivity index (χ4n) is 2.16. The molecule has 2 aromatic carbocycles. The molecular formula is C19H19ClN2O5. The number of nitrogens with one attached hydrogen (secondary N) is 1. The summed E-state index contributed by atoms with van der Waals surface area (Å²) in [4.78, 5) is 34.5. The highest BCUT2D eigenvalue weighted by atomic mass is 35.5. The predicted octanol–water partition coefficient (Wildman–Crippen LogP) is 4.70. The van der Waals surface area contributed by atoms with Gasteiger partial charge in [-0.2, -0.15) is 0 Å². The number of hydrogen-bond acceptors (Lipinski definition) is 5. The molecule has 0 aliphatic heterocycles. The minimum Gasteiger partial charge on any atom is -0.462 e. The van der Waals surface area contributed by atoms with Gasteiger partial charge in [0, 0.05) is 17.8 Å². The Morgan fingerprint density at radius 1 is 1.19 bits per heavy atom. The Morgan fingerprint density at radius 3 is 2.44 bits per heavy atom. The summed E-state index contributed by atoms with van der Waals surface area (Å²) in [7, 11) is 0. The SMILES string of the molecule is CC(C)CCOC(=O)c1ccc(NC(=O)c2cc([N+](=O)[O-])ccc2Cl)cc1. The first-order chi connectivity index (χ1) is 12.8. The number of hydrogen-bond donors (Lipinski definition) is 1. The van der Waals surface area contributed by atoms with Crippen LogP contribution >= 0.6 is 11.6 Å². The van der Waals surface area contributed by atoms with Crippen LogP contribution in [0.2, 0.25) is 5.02 Å². The quantitative estimate of drug-likeness (QED) is 0.419. The average Bonchev–Trinajstić information content (AvgIpc) is 2.62. The van der Waals surface area contributed by atoms with Crippen molar-refractivity contribution in [3.63, 3.8) is 0 Å². The molecule has 0 saturated carbocycles. The van der Waals surface area contributed by atoms with E-state index in [-0.39, 0.29) is 16.3 Å². The molecule has 0 radical (unpaired) electrons. The van der Waals surface area contributed by atoms with E-state index in [0.717, 1.165) is 12.5 Å². The van der Waals surface area contributed by atoms with Gasteiger partial charge in [0.15, 0.2) is 0 Å². The number of ether oxygens (including phenoxy) is 1. The normalized spacial score (nSPS) is 10.5. The zero-order chi connectivity index (χ0) is 20.0. The van der Waals surface area contributed by atoms with Crippen molar-refractivity contribution < 1.29 is 19.2 Å². The molecular weight excluding hydrogens is 372 g/mol. The van der Waals surface area contributed by atoms with Crippen molar-refractivity contribution in [2.24, 2.45) is 5.92 Å². The number of esters is 1. The Hall–Kier alpha value is -2.93. The van der Waals surface area contributed by atoms with Crippen LogP contribution in [0, 0.1) is 16.0 Å². The number of benzene rings is 2. The lowest BCUT2D eigenvalue weighted by molar-refractivity contribution is -0.384. The smallest absolute Gasteiger partial charge is 0.338 e. The molecule has 0 fully saturated rings. The predicted molar refractivity (Wildman–Crippen MR) is 102 cm³/mol. The fourth-order valence-corrected chi connectivity index (χ4v) is 2.36. The van der Waals surface area contributed by atoms with Crippen molar-refractivity contribution >= 4 is 34.9 Å². The molecule has 0 bridgehead atoms. The number of nitro benzene ring substituents is 1. The van der Waals surface area contributed by atoms with E-state index in [4.69, 9.17) is 16.3 Å². The van der Waals surface area contributed by atoms with Gasteiger partial charge in [0.05, 0.1) is 27.7 Å². The van der Waals surface area contributed by atoms with Gasteiger partial charge in [-0.25, -0.2) is 4.79 Å². The second kappa shape index (κ2) is 9.14. The topological polar surface area (TPSA) is 98.5 Å². The van der Waals surface area contributed by atoms with Gasteiger partial charge in [-0.15, -0.1) is 0 Å². The lowest BCUT2D eigenvalue weighted by Crippen LogP contribution is -2.13. The van der Waals surface area contributed by atoms with Crippen LogP contribution in [0.4, 0.5) is 11.4 Å². The molecule has 1 N–H and O–H groups in total. The van der Waals surface area contributed by atoms with Crippen molar-refractivity contribution in [3.8, 4) is 0 Å². The molecule has 27 heavy (non-hydrogen) atoms. The van der Waals surface area contributed by atoms with Crippen molar-refractivity contribution in [2.75, 3.05) is 11.9 Å². The first kappa shape index (κ1) is 20.4. The first-order valence-corrected chi connectivity index (χ1v) is 8.68. The fraction of sp³-hybridized carbons (Fsp3) is 0.263. The summed E-state index contributed by atoms with van der Waals surface area (Å²) in [5.41, 5.74) is 0.540. The number of carbonyl (C=O) groups is 2. The van der Waals surface area contributed by atoms with Gasteiger partial charge in [0.1, 0.15) is 0 Å². The van der Waals surface area contributed by atoms with Crippen molar-refractivity contribution in [1.29, 1.82) is 0 Å². The third kappa shape index (κ3) is 5.79. The van der Waals surface area contributed by atoms with Crippen molar-refractivity contribution in [1.82, 2.24) is 0 Å². The summed E-state index contributed by atoms with van der Waals surface area (Å²) in [6.45, 7) is 4.43. The van der Waals surface area contributed by atoms with E-state index in [1.165, 1.54) is 24.3 Å². The molecule has 142 valence electrons. The van der Waals surface area contributed by atoms with Gasteiger partial charge in [-0.1, -0.05) is 25.4 Å². The molecule has 8 heteroatoms. The second-order valence-corrected chi connectivity index (χ2v) is 6.68. The first-order valence-electron chi connectivity index (χ1n) is 8.30. The van der Waals surface area contributed by atoms with E-state index in [2.05, 4.69) is 5.32 Å². The molecule has 0 aliphatic carbocycles. The summed E-state index contributed by atoms with van der Waals surface area (Å²) in [6, 6.07) is 9.77. The summed E-state index contributed by atoms with van der Waals surface area (Å²) in [5.74, 6) is -0.581. The van der Waals surface area contributed by atoms with Crippen LogP contribution in [-0.2, 0) is 4.74 Å². The average molecular weight is 391 g/mol. The molecule has 2 aromatic rings. The van der Waals surface area contributed by atoms with Gasteiger partial charge in [0.2, 0.25) is 0 Å². The van der Waals surface area contributed by atoms with E-state index in [1.807, 2.05) is 13.8 Å². The van der Waals surface area contributed by atoms with Crippen LogP contribution in [-0.4, -0.2) is 23.4 Å². The van der Waals surface area contributed by atoms with Gasteiger partial charge in [-0.05, 0) is 42.7 Å². The molecule has 0 unspecified atom stereocenters. The Morgan fingerprint density at radius 2 is 1.85 bits per heavy atom. The maximum atomic E-state index is 12.3. The summed E-state index contributed by atoms with van der Waals surface area (Å²) >= 11 is 5.95. The van der Waals surface area contributed by atoms with Crippen LogP contribution in [0.15, 0.2) is 42.5 Å². The zero-order valence-electron chi connectivity index (χ0n) is 14.9. The third-order valence-corrected chi connectivity index (χ3v) is 4.04. The van der Waals surface area contributed by atoms with Gasteiger partial charge in [-0.3, -0.25) is 14.9 Å². The van der Waals surface area contributed by atoms with Crippen LogP contribution in [0.1, 0.15) is 41.0 Å². The zero-order valence-corrected chi connectivity index (χ0v) is 15.7. The highest BCUT2D eigenvalue weighted by Crippen LogP contribution is 2.23. The van der Waals surface area contributed by atoms with Gasteiger partial charge in [0.25, 0.3) is 11.6 Å². The highest BCUT2D eigenvalue weighted by Gasteiger charge is 2.16. The van der Waals surface area contributed by atoms with E-state index in [0.29, 0.717) is 23.8 Å². The summed E-state index contributed by atoms with van der Waals surface area (Å²) < 4.78 is 5.17. The molecule has 0 heterocycles.